The molecule has 0 radical (unpaired) electrons. The summed E-state index contributed by atoms with van der Waals surface area (Å²) in [5.41, 5.74) is 0.712. The van der Waals surface area contributed by atoms with Crippen molar-refractivity contribution < 1.29 is 14.3 Å². The van der Waals surface area contributed by atoms with Crippen LogP contribution in [0.1, 0.15) is 38.7 Å². The van der Waals surface area contributed by atoms with E-state index >= 15 is 0 Å². The van der Waals surface area contributed by atoms with Crippen LogP contribution in [0.25, 0.3) is 10.8 Å². The van der Waals surface area contributed by atoms with Gasteiger partial charge in [0.05, 0.1) is 0 Å². The first-order valence-corrected chi connectivity index (χ1v) is 12.3. The quantitative estimate of drug-likeness (QED) is 0.316. The van der Waals surface area contributed by atoms with Crippen LogP contribution >= 0.6 is 23.2 Å². The van der Waals surface area contributed by atoms with E-state index in [1.807, 2.05) is 49.4 Å². The number of fused-ring (bicyclic) bond motifs is 1. The van der Waals surface area contributed by atoms with E-state index in [1.165, 1.54) is 0 Å². The maximum Gasteiger partial charge on any atom is 0.261 e. The van der Waals surface area contributed by atoms with Gasteiger partial charge >= 0.3 is 0 Å². The summed E-state index contributed by atoms with van der Waals surface area (Å²) in [4.78, 5) is 27.9. The predicted molar refractivity (Wildman–Crippen MR) is 138 cm³/mol. The highest BCUT2D eigenvalue weighted by atomic mass is 35.5. The number of carbonyl (C=O) groups is 2. The highest BCUT2D eigenvalue weighted by Crippen LogP contribution is 2.26. The summed E-state index contributed by atoms with van der Waals surface area (Å²) in [6.07, 6.45) is 2.31. The minimum atomic E-state index is -0.646. The van der Waals surface area contributed by atoms with Gasteiger partial charge in [-0.3, -0.25) is 9.59 Å². The zero-order valence-electron chi connectivity index (χ0n) is 19.5. The number of nitrogens with zero attached hydrogens (tertiary/aromatic N) is 1. The van der Waals surface area contributed by atoms with Crippen molar-refractivity contribution in [3.05, 3.63) is 76.3 Å². The number of unbranched alkanes of at least 4 members (excludes halogenated alkanes) is 1. The number of carbonyl (C=O) groups excluding carboxylic acids is 2. The van der Waals surface area contributed by atoms with E-state index in [0.29, 0.717) is 34.3 Å². The van der Waals surface area contributed by atoms with Gasteiger partial charge in [0.1, 0.15) is 11.8 Å². The lowest BCUT2D eigenvalue weighted by atomic mass is 10.1. The molecule has 3 rings (SSSR count). The molecule has 2 amide bonds. The average molecular weight is 501 g/mol. The molecule has 0 heterocycles. The lowest BCUT2D eigenvalue weighted by molar-refractivity contribution is -0.142. The second-order valence-electron chi connectivity index (χ2n) is 8.09. The van der Waals surface area contributed by atoms with Crippen LogP contribution < -0.4 is 10.1 Å². The summed E-state index contributed by atoms with van der Waals surface area (Å²) in [5, 5.41) is 5.86. The zero-order chi connectivity index (χ0) is 24.5. The Morgan fingerprint density at radius 1 is 1.03 bits per heavy atom. The maximum atomic E-state index is 13.4. The van der Waals surface area contributed by atoms with Crippen LogP contribution in [0.3, 0.4) is 0 Å². The van der Waals surface area contributed by atoms with Crippen LogP contribution in [0, 0.1) is 0 Å². The van der Waals surface area contributed by atoms with Crippen LogP contribution in [0.4, 0.5) is 0 Å². The molecule has 0 spiro atoms. The standard InChI is InChI=1S/C27H30Cl2N2O3/c1-3-5-15-30-27(33)24(4-2)31(17-20-13-14-21(28)16-23(20)29)26(32)18-34-25-12-8-10-19-9-6-7-11-22(19)25/h6-14,16,24H,3-5,15,17-18H2,1-2H3,(H,30,33). The van der Waals surface area contributed by atoms with Crippen molar-refractivity contribution in [3.8, 4) is 5.75 Å². The number of halogens is 2. The summed E-state index contributed by atoms with van der Waals surface area (Å²) in [6.45, 7) is 4.50. The van der Waals surface area contributed by atoms with Crippen LogP contribution in [0.5, 0.6) is 5.75 Å². The molecule has 3 aromatic rings. The average Bonchev–Trinajstić information content (AvgIpc) is 2.83. The fourth-order valence-corrected chi connectivity index (χ4v) is 4.27. The molecule has 0 fully saturated rings. The van der Waals surface area contributed by atoms with Gasteiger partial charge in [-0.2, -0.15) is 0 Å². The van der Waals surface area contributed by atoms with Gasteiger partial charge in [0.15, 0.2) is 6.61 Å². The number of hydrogen-bond donors (Lipinski definition) is 1. The molecule has 0 saturated heterocycles. The largest absolute Gasteiger partial charge is 0.483 e. The molecule has 1 atom stereocenters. The second kappa shape index (κ2) is 12.6. The SMILES string of the molecule is CCCCNC(=O)C(CC)N(Cc1ccc(Cl)cc1Cl)C(=O)COc1cccc2ccccc12. The first kappa shape index (κ1) is 25.9. The van der Waals surface area contributed by atoms with E-state index in [-0.39, 0.29) is 25.0 Å². The fourth-order valence-electron chi connectivity index (χ4n) is 3.80. The Kier molecular flexibility index (Phi) is 9.61. The topological polar surface area (TPSA) is 58.6 Å². The van der Waals surface area contributed by atoms with Crippen molar-refractivity contribution in [3.63, 3.8) is 0 Å². The highest BCUT2D eigenvalue weighted by molar-refractivity contribution is 6.35. The highest BCUT2D eigenvalue weighted by Gasteiger charge is 2.29. The van der Waals surface area contributed by atoms with E-state index in [4.69, 9.17) is 27.9 Å². The monoisotopic (exact) mass is 500 g/mol. The third-order valence-corrected chi connectivity index (χ3v) is 6.26. The van der Waals surface area contributed by atoms with Crippen molar-refractivity contribution in [2.75, 3.05) is 13.2 Å². The molecule has 0 saturated carbocycles. The first-order chi connectivity index (χ1) is 16.4. The van der Waals surface area contributed by atoms with Crippen molar-refractivity contribution in [1.82, 2.24) is 10.2 Å². The minimum Gasteiger partial charge on any atom is -0.483 e. The number of ether oxygens (including phenoxy) is 1. The first-order valence-electron chi connectivity index (χ1n) is 11.6. The molecule has 180 valence electrons. The number of benzene rings is 3. The number of rotatable bonds is 11. The lowest BCUT2D eigenvalue weighted by Crippen LogP contribution is -2.50. The molecular weight excluding hydrogens is 471 g/mol. The maximum absolute atomic E-state index is 13.4. The van der Waals surface area contributed by atoms with Gasteiger partial charge in [0.2, 0.25) is 5.91 Å². The smallest absolute Gasteiger partial charge is 0.261 e. The predicted octanol–water partition coefficient (Wildman–Crippen LogP) is 6.25. The van der Waals surface area contributed by atoms with Crippen LogP contribution in [0.2, 0.25) is 10.0 Å². The molecule has 0 bridgehead atoms. The molecule has 5 nitrogen and oxygen atoms in total. The normalized spacial score (nSPS) is 11.8. The van der Waals surface area contributed by atoms with Gasteiger partial charge in [-0.15, -0.1) is 0 Å². The molecule has 0 aliphatic heterocycles. The van der Waals surface area contributed by atoms with Gasteiger partial charge in [-0.1, -0.05) is 85.9 Å². The third-order valence-electron chi connectivity index (χ3n) is 5.67. The van der Waals surface area contributed by atoms with Crippen LogP contribution in [0.15, 0.2) is 60.7 Å². The third kappa shape index (κ3) is 6.64. The van der Waals surface area contributed by atoms with Crippen LogP contribution in [-0.4, -0.2) is 35.9 Å². The summed E-state index contributed by atoms with van der Waals surface area (Å²) >= 11 is 12.4. The van der Waals surface area contributed by atoms with E-state index in [1.54, 1.807) is 23.1 Å². The van der Waals surface area contributed by atoms with E-state index < -0.39 is 6.04 Å². The Balaban J connectivity index is 1.83. The Morgan fingerprint density at radius 2 is 1.79 bits per heavy atom. The van der Waals surface area contributed by atoms with Gasteiger partial charge in [-0.25, -0.2) is 0 Å². The molecular formula is C27H30Cl2N2O3. The summed E-state index contributed by atoms with van der Waals surface area (Å²) in [7, 11) is 0. The molecule has 0 aromatic heterocycles. The molecule has 1 N–H and O–H groups in total. The van der Waals surface area contributed by atoms with Gasteiger partial charge in [-0.05, 0) is 42.0 Å². The Hall–Kier alpha value is -2.76. The van der Waals surface area contributed by atoms with Crippen molar-refractivity contribution in [2.45, 2.75) is 45.7 Å². The molecule has 34 heavy (non-hydrogen) atoms. The lowest BCUT2D eigenvalue weighted by Gasteiger charge is -2.31. The van der Waals surface area contributed by atoms with Crippen LogP contribution in [-0.2, 0) is 16.1 Å². The van der Waals surface area contributed by atoms with Gasteiger partial charge in [0.25, 0.3) is 5.91 Å². The number of amides is 2. The van der Waals surface area contributed by atoms with Gasteiger partial charge in [0, 0.05) is 28.5 Å². The zero-order valence-corrected chi connectivity index (χ0v) is 21.0. The van der Waals surface area contributed by atoms with Gasteiger partial charge < -0.3 is 15.0 Å². The fraction of sp³-hybridized carbons (Fsp3) is 0.333. The molecule has 0 aliphatic carbocycles. The van der Waals surface area contributed by atoms with Crippen molar-refractivity contribution in [2.24, 2.45) is 0 Å². The van der Waals surface area contributed by atoms with E-state index in [0.717, 1.165) is 23.6 Å². The van der Waals surface area contributed by atoms with Crippen molar-refractivity contribution >= 4 is 45.8 Å². The Labute approximate surface area is 211 Å². The van der Waals surface area contributed by atoms with E-state index in [2.05, 4.69) is 12.2 Å². The summed E-state index contributed by atoms with van der Waals surface area (Å²) in [6, 6.07) is 18.0. The molecule has 0 aliphatic rings. The number of hydrogen-bond acceptors (Lipinski definition) is 3. The Bertz CT molecular complexity index is 1130. The van der Waals surface area contributed by atoms with E-state index in [9.17, 15) is 9.59 Å². The Morgan fingerprint density at radius 3 is 2.53 bits per heavy atom. The summed E-state index contributed by atoms with van der Waals surface area (Å²) in [5.74, 6) is 0.146. The summed E-state index contributed by atoms with van der Waals surface area (Å²) < 4.78 is 5.95. The molecule has 1 unspecified atom stereocenters. The molecule has 7 heteroatoms. The van der Waals surface area contributed by atoms with Crippen molar-refractivity contribution in [1.29, 1.82) is 0 Å². The molecule has 3 aromatic carbocycles. The number of nitrogens with one attached hydrogen (secondary N) is 1. The second-order valence-corrected chi connectivity index (χ2v) is 8.94. The minimum absolute atomic E-state index is 0.174.